The summed E-state index contributed by atoms with van der Waals surface area (Å²) in [6.45, 7) is 2.75. The molecule has 3 aromatic rings. The molecule has 0 saturated carbocycles. The molecule has 0 aliphatic rings. The van der Waals surface area contributed by atoms with E-state index in [-0.39, 0.29) is 24.1 Å². The van der Waals surface area contributed by atoms with E-state index >= 15 is 0 Å². The van der Waals surface area contributed by atoms with Gasteiger partial charge in [0.25, 0.3) is 5.91 Å². The number of nitrogens with zero attached hydrogens (tertiary/aromatic N) is 3. The van der Waals surface area contributed by atoms with Crippen molar-refractivity contribution in [2.45, 2.75) is 25.2 Å². The molecule has 0 aliphatic carbocycles. The zero-order chi connectivity index (χ0) is 22.4. The van der Waals surface area contributed by atoms with Gasteiger partial charge >= 0.3 is 0 Å². The minimum atomic E-state index is -0.247. The molecular weight excluding hydrogens is 525 g/mol. The summed E-state index contributed by atoms with van der Waals surface area (Å²) in [7, 11) is 0. The molecule has 31 heavy (non-hydrogen) atoms. The van der Waals surface area contributed by atoms with Gasteiger partial charge in [-0.2, -0.15) is 0 Å². The minimum Gasteiger partial charge on any atom is -0.345 e. The number of thioether (sulfide) groups is 1. The summed E-state index contributed by atoms with van der Waals surface area (Å²) in [5, 5.41) is 15.1. The standard InChI is InChI=1S/C20H18BrCl2N5O2S/c1-2-28-16(10-24-19(30)12-6-3-4-7-13(12)21)26-27-20(28)31-11-17(29)25-15-9-5-8-14(22)18(15)23/h3-9H,2,10-11H2,1H3,(H,24,30)(H,25,29). The predicted octanol–water partition coefficient (Wildman–Crippen LogP) is 5.03. The van der Waals surface area contributed by atoms with Crippen molar-refractivity contribution in [1.82, 2.24) is 20.1 Å². The van der Waals surface area contributed by atoms with Gasteiger partial charge in [0.15, 0.2) is 11.0 Å². The number of anilines is 1. The summed E-state index contributed by atoms with van der Waals surface area (Å²) in [6, 6.07) is 12.2. The van der Waals surface area contributed by atoms with E-state index in [1.165, 1.54) is 11.8 Å². The van der Waals surface area contributed by atoms with E-state index in [1.807, 2.05) is 17.6 Å². The fourth-order valence-electron chi connectivity index (χ4n) is 2.69. The molecular formula is C20H18BrCl2N5O2S. The number of amides is 2. The van der Waals surface area contributed by atoms with Gasteiger partial charge in [-0.1, -0.05) is 53.2 Å². The van der Waals surface area contributed by atoms with Gasteiger partial charge in [-0.05, 0) is 47.1 Å². The third-order valence-corrected chi connectivity index (χ3v) is 6.67. The molecule has 7 nitrogen and oxygen atoms in total. The van der Waals surface area contributed by atoms with Crippen LogP contribution in [0.3, 0.4) is 0 Å². The zero-order valence-corrected chi connectivity index (χ0v) is 20.3. The Morgan fingerprint density at radius 1 is 1.13 bits per heavy atom. The highest BCUT2D eigenvalue weighted by Crippen LogP contribution is 2.29. The van der Waals surface area contributed by atoms with Gasteiger partial charge in [0.05, 0.1) is 33.6 Å². The van der Waals surface area contributed by atoms with Crippen molar-refractivity contribution in [3.05, 3.63) is 68.4 Å². The topological polar surface area (TPSA) is 88.9 Å². The average Bonchev–Trinajstić information content (AvgIpc) is 3.16. The molecule has 0 unspecified atom stereocenters. The quantitative estimate of drug-likeness (QED) is 0.390. The molecule has 0 aliphatic heterocycles. The second-order valence-corrected chi connectivity index (χ2v) is 8.83. The fraction of sp³-hybridized carbons (Fsp3) is 0.200. The van der Waals surface area contributed by atoms with Crippen LogP contribution in [0.2, 0.25) is 10.0 Å². The van der Waals surface area contributed by atoms with E-state index < -0.39 is 0 Å². The van der Waals surface area contributed by atoms with Gasteiger partial charge in [-0.3, -0.25) is 9.59 Å². The first-order chi connectivity index (χ1) is 14.9. The number of carbonyl (C=O) groups excluding carboxylic acids is 2. The Bertz CT molecular complexity index is 1110. The largest absolute Gasteiger partial charge is 0.345 e. The number of aromatic nitrogens is 3. The highest BCUT2D eigenvalue weighted by Gasteiger charge is 2.16. The zero-order valence-electron chi connectivity index (χ0n) is 16.4. The van der Waals surface area contributed by atoms with Crippen LogP contribution in [0.1, 0.15) is 23.1 Å². The third-order valence-electron chi connectivity index (χ3n) is 4.19. The maximum Gasteiger partial charge on any atom is 0.252 e. The second-order valence-electron chi connectivity index (χ2n) is 6.24. The molecule has 2 amide bonds. The minimum absolute atomic E-state index is 0.115. The summed E-state index contributed by atoms with van der Waals surface area (Å²) in [5.41, 5.74) is 0.989. The maximum atomic E-state index is 12.4. The molecule has 162 valence electrons. The average molecular weight is 543 g/mol. The van der Waals surface area contributed by atoms with E-state index in [0.29, 0.717) is 43.3 Å². The molecule has 1 aromatic heterocycles. The number of hydrogen-bond acceptors (Lipinski definition) is 5. The lowest BCUT2D eigenvalue weighted by molar-refractivity contribution is -0.113. The van der Waals surface area contributed by atoms with E-state index in [4.69, 9.17) is 23.2 Å². The van der Waals surface area contributed by atoms with E-state index in [9.17, 15) is 9.59 Å². The van der Waals surface area contributed by atoms with Crippen LogP contribution in [0.5, 0.6) is 0 Å². The Kier molecular flexibility index (Phi) is 8.36. The van der Waals surface area contributed by atoms with Crippen molar-refractivity contribution in [3.63, 3.8) is 0 Å². The molecule has 0 fully saturated rings. The summed E-state index contributed by atoms with van der Waals surface area (Å²) in [5.74, 6) is 0.252. The highest BCUT2D eigenvalue weighted by atomic mass is 79.9. The monoisotopic (exact) mass is 541 g/mol. The first-order valence-electron chi connectivity index (χ1n) is 9.22. The lowest BCUT2D eigenvalue weighted by atomic mass is 10.2. The van der Waals surface area contributed by atoms with Crippen LogP contribution in [-0.2, 0) is 17.9 Å². The van der Waals surface area contributed by atoms with Crippen molar-refractivity contribution >= 4 is 68.4 Å². The number of halogens is 3. The number of rotatable bonds is 8. The predicted molar refractivity (Wildman–Crippen MR) is 127 cm³/mol. The number of hydrogen-bond donors (Lipinski definition) is 2. The van der Waals surface area contributed by atoms with Gasteiger partial charge < -0.3 is 15.2 Å². The van der Waals surface area contributed by atoms with Crippen LogP contribution in [0.4, 0.5) is 5.69 Å². The molecule has 0 radical (unpaired) electrons. The first kappa shape index (κ1) is 23.6. The Morgan fingerprint density at radius 2 is 1.90 bits per heavy atom. The van der Waals surface area contributed by atoms with Crippen molar-refractivity contribution in [1.29, 1.82) is 0 Å². The van der Waals surface area contributed by atoms with Crippen LogP contribution < -0.4 is 10.6 Å². The summed E-state index contributed by atoms with van der Waals surface area (Å²) < 4.78 is 2.57. The van der Waals surface area contributed by atoms with E-state index in [2.05, 4.69) is 36.8 Å². The lowest BCUT2D eigenvalue weighted by Gasteiger charge is -2.10. The Balaban J connectivity index is 1.59. The van der Waals surface area contributed by atoms with Crippen LogP contribution in [0.25, 0.3) is 0 Å². The van der Waals surface area contributed by atoms with Crippen molar-refractivity contribution in [3.8, 4) is 0 Å². The second kappa shape index (κ2) is 11.0. The summed E-state index contributed by atoms with van der Waals surface area (Å²) in [4.78, 5) is 24.7. The van der Waals surface area contributed by atoms with Gasteiger partial charge in [0.1, 0.15) is 0 Å². The fourth-order valence-corrected chi connectivity index (χ4v) is 4.32. The molecule has 0 saturated heterocycles. The molecule has 0 spiro atoms. The molecule has 0 bridgehead atoms. The van der Waals surface area contributed by atoms with Gasteiger partial charge in [0, 0.05) is 11.0 Å². The summed E-state index contributed by atoms with van der Waals surface area (Å²) in [6.07, 6.45) is 0. The normalized spacial score (nSPS) is 10.7. The molecule has 1 heterocycles. The maximum absolute atomic E-state index is 12.4. The number of benzene rings is 2. The molecule has 11 heteroatoms. The van der Waals surface area contributed by atoms with E-state index in [0.717, 1.165) is 0 Å². The smallest absolute Gasteiger partial charge is 0.252 e. The Labute approximate surface area is 202 Å². The SMILES string of the molecule is CCn1c(CNC(=O)c2ccccc2Br)nnc1SCC(=O)Nc1cccc(Cl)c1Cl. The van der Waals surface area contributed by atoms with Crippen molar-refractivity contribution < 1.29 is 9.59 Å². The molecule has 2 aromatic carbocycles. The summed E-state index contributed by atoms with van der Waals surface area (Å²) >= 11 is 16.7. The van der Waals surface area contributed by atoms with Gasteiger partial charge in [0.2, 0.25) is 5.91 Å². The van der Waals surface area contributed by atoms with Crippen LogP contribution in [0.15, 0.2) is 52.1 Å². The number of nitrogens with one attached hydrogen (secondary N) is 2. The Hall–Kier alpha value is -2.07. The Morgan fingerprint density at radius 3 is 2.65 bits per heavy atom. The van der Waals surface area contributed by atoms with Gasteiger partial charge in [-0.25, -0.2) is 0 Å². The van der Waals surface area contributed by atoms with Gasteiger partial charge in [-0.15, -0.1) is 10.2 Å². The third kappa shape index (κ3) is 6.00. The van der Waals surface area contributed by atoms with Crippen LogP contribution >= 0.6 is 50.9 Å². The first-order valence-corrected chi connectivity index (χ1v) is 11.8. The van der Waals surface area contributed by atoms with E-state index in [1.54, 1.807) is 36.4 Å². The van der Waals surface area contributed by atoms with Crippen LogP contribution in [0, 0.1) is 0 Å². The molecule has 3 rings (SSSR count). The van der Waals surface area contributed by atoms with Crippen LogP contribution in [-0.4, -0.2) is 32.3 Å². The molecule has 2 N–H and O–H groups in total. The highest BCUT2D eigenvalue weighted by molar-refractivity contribution is 9.10. The van der Waals surface area contributed by atoms with Crippen molar-refractivity contribution in [2.24, 2.45) is 0 Å². The lowest BCUT2D eigenvalue weighted by Crippen LogP contribution is -2.25. The van der Waals surface area contributed by atoms with Crippen molar-refractivity contribution in [2.75, 3.05) is 11.1 Å². The number of carbonyl (C=O) groups is 2. The molecule has 0 atom stereocenters.